The molecule has 3 nitrogen and oxygen atoms in total. The molecule has 1 aromatic rings. The molecule has 0 bridgehead atoms. The van der Waals surface area contributed by atoms with Gasteiger partial charge in [0.2, 0.25) is 11.8 Å². The molecule has 1 aliphatic rings. The lowest BCUT2D eigenvalue weighted by molar-refractivity contribution is -0.139. The lowest BCUT2D eigenvalue weighted by Crippen LogP contribution is -2.29. The molecule has 1 aliphatic heterocycles. The first-order valence-corrected chi connectivity index (χ1v) is 6.72. The SMILES string of the molecule is C[C@H]1CC(=O)N(Cc2ccc(C(C)(C)C)cc2)C1=O. The van der Waals surface area contributed by atoms with E-state index in [1.807, 2.05) is 19.1 Å². The lowest BCUT2D eigenvalue weighted by Gasteiger charge is -2.20. The normalized spacial score (nSPS) is 20.2. The predicted octanol–water partition coefficient (Wildman–Crippen LogP) is 2.88. The van der Waals surface area contributed by atoms with Gasteiger partial charge in [0, 0.05) is 12.3 Å². The minimum Gasteiger partial charge on any atom is -0.278 e. The number of hydrogen-bond donors (Lipinski definition) is 0. The van der Waals surface area contributed by atoms with Crippen LogP contribution in [0.5, 0.6) is 0 Å². The molecule has 102 valence electrons. The van der Waals surface area contributed by atoms with Crippen LogP contribution in [0.15, 0.2) is 24.3 Å². The molecule has 0 radical (unpaired) electrons. The molecule has 19 heavy (non-hydrogen) atoms. The van der Waals surface area contributed by atoms with Crippen molar-refractivity contribution >= 4 is 11.8 Å². The summed E-state index contributed by atoms with van der Waals surface area (Å²) in [7, 11) is 0. The van der Waals surface area contributed by atoms with Crippen molar-refractivity contribution in [2.75, 3.05) is 0 Å². The number of carbonyl (C=O) groups is 2. The molecule has 1 heterocycles. The summed E-state index contributed by atoms with van der Waals surface area (Å²) in [5.41, 5.74) is 2.37. The summed E-state index contributed by atoms with van der Waals surface area (Å²) in [6, 6.07) is 8.15. The largest absolute Gasteiger partial charge is 0.278 e. The molecule has 0 spiro atoms. The van der Waals surface area contributed by atoms with Crippen molar-refractivity contribution < 1.29 is 9.59 Å². The molecule has 1 atom stereocenters. The van der Waals surface area contributed by atoms with Gasteiger partial charge < -0.3 is 0 Å². The van der Waals surface area contributed by atoms with Crippen LogP contribution in [0.3, 0.4) is 0 Å². The third kappa shape index (κ3) is 2.86. The average molecular weight is 259 g/mol. The maximum atomic E-state index is 11.9. The van der Waals surface area contributed by atoms with Crippen molar-refractivity contribution in [3.63, 3.8) is 0 Å². The Labute approximate surface area is 114 Å². The molecule has 1 aromatic carbocycles. The highest BCUT2D eigenvalue weighted by atomic mass is 16.2. The van der Waals surface area contributed by atoms with Crippen LogP contribution in [0.4, 0.5) is 0 Å². The van der Waals surface area contributed by atoms with Crippen LogP contribution in [-0.4, -0.2) is 16.7 Å². The Kier molecular flexibility index (Phi) is 3.48. The predicted molar refractivity (Wildman–Crippen MR) is 74.5 cm³/mol. The summed E-state index contributed by atoms with van der Waals surface area (Å²) in [4.78, 5) is 25.0. The topological polar surface area (TPSA) is 37.4 Å². The van der Waals surface area contributed by atoms with Gasteiger partial charge in [-0.05, 0) is 16.5 Å². The zero-order chi connectivity index (χ0) is 14.2. The van der Waals surface area contributed by atoms with Crippen LogP contribution >= 0.6 is 0 Å². The van der Waals surface area contributed by atoms with Gasteiger partial charge in [-0.2, -0.15) is 0 Å². The van der Waals surface area contributed by atoms with E-state index >= 15 is 0 Å². The summed E-state index contributed by atoms with van der Waals surface area (Å²) in [6.45, 7) is 8.70. The Bertz CT molecular complexity index is 496. The Balaban J connectivity index is 2.12. The van der Waals surface area contributed by atoms with E-state index in [9.17, 15) is 9.59 Å². The second-order valence-electron chi connectivity index (χ2n) is 6.37. The highest BCUT2D eigenvalue weighted by molar-refractivity contribution is 6.03. The van der Waals surface area contributed by atoms with Crippen molar-refractivity contribution in [3.05, 3.63) is 35.4 Å². The van der Waals surface area contributed by atoms with E-state index in [0.29, 0.717) is 13.0 Å². The van der Waals surface area contributed by atoms with E-state index in [1.165, 1.54) is 10.5 Å². The van der Waals surface area contributed by atoms with Crippen LogP contribution in [0, 0.1) is 5.92 Å². The molecule has 2 rings (SSSR count). The second kappa shape index (κ2) is 4.80. The Morgan fingerprint density at radius 2 is 1.74 bits per heavy atom. The Hall–Kier alpha value is -1.64. The van der Waals surface area contributed by atoms with E-state index in [-0.39, 0.29) is 23.1 Å². The number of benzene rings is 1. The fraction of sp³-hybridized carbons (Fsp3) is 0.500. The monoisotopic (exact) mass is 259 g/mol. The summed E-state index contributed by atoms with van der Waals surface area (Å²) in [6.07, 6.45) is 0.346. The molecule has 0 saturated carbocycles. The van der Waals surface area contributed by atoms with Crippen LogP contribution in [-0.2, 0) is 21.5 Å². The highest BCUT2D eigenvalue weighted by Gasteiger charge is 2.35. The van der Waals surface area contributed by atoms with Crippen molar-refractivity contribution in [2.45, 2.75) is 46.1 Å². The number of carbonyl (C=O) groups excluding carboxylic acids is 2. The second-order valence-corrected chi connectivity index (χ2v) is 6.37. The first-order valence-electron chi connectivity index (χ1n) is 6.72. The number of amides is 2. The molecule has 0 aliphatic carbocycles. The summed E-state index contributed by atoms with van der Waals surface area (Å²) in [5, 5.41) is 0. The maximum absolute atomic E-state index is 11.9. The number of hydrogen-bond acceptors (Lipinski definition) is 2. The molecule has 0 N–H and O–H groups in total. The van der Waals surface area contributed by atoms with Gasteiger partial charge in [0.05, 0.1) is 6.54 Å². The molecule has 1 fully saturated rings. The average Bonchev–Trinajstić information content (AvgIpc) is 2.56. The zero-order valence-electron chi connectivity index (χ0n) is 12.1. The third-order valence-electron chi connectivity index (χ3n) is 3.63. The summed E-state index contributed by atoms with van der Waals surface area (Å²) in [5.74, 6) is -0.274. The number of rotatable bonds is 2. The van der Waals surface area contributed by atoms with E-state index in [4.69, 9.17) is 0 Å². The van der Waals surface area contributed by atoms with Gasteiger partial charge in [-0.15, -0.1) is 0 Å². The standard InChI is InChI=1S/C16H21NO2/c1-11-9-14(18)17(15(11)19)10-12-5-7-13(8-6-12)16(2,3)4/h5-8,11H,9-10H2,1-4H3/t11-/m0/s1. The van der Waals surface area contributed by atoms with Crippen LogP contribution in [0.25, 0.3) is 0 Å². The van der Waals surface area contributed by atoms with E-state index in [0.717, 1.165) is 5.56 Å². The summed E-state index contributed by atoms with van der Waals surface area (Å²) < 4.78 is 0. The van der Waals surface area contributed by atoms with Crippen LogP contribution < -0.4 is 0 Å². The van der Waals surface area contributed by atoms with Crippen molar-refractivity contribution in [2.24, 2.45) is 5.92 Å². The van der Waals surface area contributed by atoms with Gasteiger partial charge in [0.1, 0.15) is 0 Å². The molecule has 2 amide bonds. The number of imide groups is 1. The van der Waals surface area contributed by atoms with Gasteiger partial charge in [-0.25, -0.2) is 0 Å². The van der Waals surface area contributed by atoms with E-state index < -0.39 is 0 Å². The molecule has 0 unspecified atom stereocenters. The quantitative estimate of drug-likeness (QED) is 0.766. The van der Waals surface area contributed by atoms with Gasteiger partial charge in [0.15, 0.2) is 0 Å². The lowest BCUT2D eigenvalue weighted by atomic mass is 9.87. The molecular formula is C16H21NO2. The number of likely N-dealkylation sites (tertiary alicyclic amines) is 1. The number of nitrogens with zero attached hydrogens (tertiary/aromatic N) is 1. The van der Waals surface area contributed by atoms with E-state index in [1.54, 1.807) is 0 Å². The van der Waals surface area contributed by atoms with Crippen molar-refractivity contribution in [1.82, 2.24) is 4.90 Å². The smallest absolute Gasteiger partial charge is 0.232 e. The molecule has 0 aromatic heterocycles. The minimum atomic E-state index is -0.165. The van der Waals surface area contributed by atoms with Crippen LogP contribution in [0.2, 0.25) is 0 Å². The van der Waals surface area contributed by atoms with Gasteiger partial charge in [-0.3, -0.25) is 14.5 Å². The fourth-order valence-corrected chi connectivity index (χ4v) is 2.31. The molecular weight excluding hydrogens is 238 g/mol. The van der Waals surface area contributed by atoms with E-state index in [2.05, 4.69) is 32.9 Å². The molecule has 1 saturated heterocycles. The highest BCUT2D eigenvalue weighted by Crippen LogP contribution is 2.24. The summed E-state index contributed by atoms with van der Waals surface area (Å²) >= 11 is 0. The minimum absolute atomic E-state index is 0.0510. The Morgan fingerprint density at radius 1 is 1.16 bits per heavy atom. The first-order chi connectivity index (χ1) is 8.79. The van der Waals surface area contributed by atoms with Gasteiger partial charge >= 0.3 is 0 Å². The first kappa shape index (κ1) is 13.8. The Morgan fingerprint density at radius 3 is 2.16 bits per heavy atom. The van der Waals surface area contributed by atoms with Gasteiger partial charge in [0.25, 0.3) is 0 Å². The third-order valence-corrected chi connectivity index (χ3v) is 3.63. The fourth-order valence-electron chi connectivity index (χ4n) is 2.31. The zero-order valence-corrected chi connectivity index (χ0v) is 12.1. The van der Waals surface area contributed by atoms with Crippen molar-refractivity contribution in [1.29, 1.82) is 0 Å². The van der Waals surface area contributed by atoms with Gasteiger partial charge in [-0.1, -0.05) is 52.0 Å². The van der Waals surface area contributed by atoms with Crippen molar-refractivity contribution in [3.8, 4) is 0 Å². The molecule has 3 heteroatoms. The van der Waals surface area contributed by atoms with Crippen LogP contribution in [0.1, 0.15) is 45.2 Å². The maximum Gasteiger partial charge on any atom is 0.232 e.